The van der Waals surface area contributed by atoms with Crippen LogP contribution in [0.5, 0.6) is 11.5 Å². The van der Waals surface area contributed by atoms with Crippen LogP contribution in [0.1, 0.15) is 35.2 Å². The Kier molecular flexibility index (Phi) is 5.06. The van der Waals surface area contributed by atoms with E-state index in [-0.39, 0.29) is 17.4 Å². The van der Waals surface area contributed by atoms with Gasteiger partial charge in [0.15, 0.2) is 0 Å². The largest absolute Gasteiger partial charge is 0.535 e. The minimum absolute atomic E-state index is 0.00352. The van der Waals surface area contributed by atoms with E-state index in [1.54, 1.807) is 6.07 Å². The molecule has 0 aliphatic carbocycles. The number of benzene rings is 1. The molecule has 0 saturated carbocycles. The fourth-order valence-electron chi connectivity index (χ4n) is 4.01. The highest BCUT2D eigenvalue weighted by Gasteiger charge is 2.33. The zero-order valence-electron chi connectivity index (χ0n) is 14.8. The molecule has 0 amide bonds. The Morgan fingerprint density at radius 1 is 1.42 bits per heavy atom. The van der Waals surface area contributed by atoms with Crippen molar-refractivity contribution in [2.24, 2.45) is 0 Å². The summed E-state index contributed by atoms with van der Waals surface area (Å²) in [6.07, 6.45) is 4.75. The molecule has 3 N–H and O–H groups in total. The summed E-state index contributed by atoms with van der Waals surface area (Å²) in [4.78, 5) is 14.1. The van der Waals surface area contributed by atoms with Gasteiger partial charge in [-0.15, -0.1) is 0 Å². The van der Waals surface area contributed by atoms with Crippen LogP contribution < -0.4 is 14.7 Å². The molecule has 8 heteroatoms. The average molecular weight is 360 g/mol. The molecule has 4 rings (SSSR count). The third-order valence-corrected chi connectivity index (χ3v) is 5.50. The maximum absolute atomic E-state index is 11.7. The van der Waals surface area contributed by atoms with E-state index in [1.165, 1.54) is 12.8 Å². The molecule has 1 aromatic carbocycles. The maximum atomic E-state index is 11.7. The number of hydrogen-bond donors (Lipinski definition) is 3. The lowest BCUT2D eigenvalue weighted by Crippen LogP contribution is -2.54. The second kappa shape index (κ2) is 7.46. The Balaban J connectivity index is 1.36. The van der Waals surface area contributed by atoms with E-state index in [0.29, 0.717) is 24.5 Å². The van der Waals surface area contributed by atoms with E-state index in [2.05, 4.69) is 10.2 Å². The fourth-order valence-corrected chi connectivity index (χ4v) is 4.01. The topological polar surface area (TPSA) is 91.3 Å². The smallest absolute Gasteiger partial charge is 0.522 e. The van der Waals surface area contributed by atoms with E-state index < -0.39 is 13.1 Å². The van der Waals surface area contributed by atoms with Crippen molar-refractivity contribution < 1.29 is 24.3 Å². The molecule has 1 unspecified atom stereocenters. The van der Waals surface area contributed by atoms with Crippen LogP contribution in [0.15, 0.2) is 12.1 Å². The van der Waals surface area contributed by atoms with Gasteiger partial charge in [-0.05, 0) is 56.7 Å². The van der Waals surface area contributed by atoms with E-state index in [0.717, 1.165) is 38.2 Å². The van der Waals surface area contributed by atoms with Crippen molar-refractivity contribution in [3.8, 4) is 11.5 Å². The standard InChI is InChI=1S/C18H25BN2O5/c22-18(23)16-15(4-3-12-5-7-19(24)26-17(12)16)25-14-10-21(11-14)9-6-13-2-1-8-20-13/h3-4,13-14,20,24H,1-2,5-11H2,(H,22,23). The van der Waals surface area contributed by atoms with Gasteiger partial charge in [0.25, 0.3) is 0 Å². The van der Waals surface area contributed by atoms with Crippen molar-refractivity contribution in [3.05, 3.63) is 23.3 Å². The van der Waals surface area contributed by atoms with Crippen LogP contribution in [-0.4, -0.2) is 66.4 Å². The lowest BCUT2D eigenvalue weighted by molar-refractivity contribution is 0.0169. The lowest BCUT2D eigenvalue weighted by atomic mass is 9.78. The van der Waals surface area contributed by atoms with Crippen molar-refractivity contribution in [2.45, 2.75) is 44.1 Å². The van der Waals surface area contributed by atoms with Crippen LogP contribution in [0.2, 0.25) is 6.32 Å². The highest BCUT2D eigenvalue weighted by Crippen LogP contribution is 2.37. The van der Waals surface area contributed by atoms with Gasteiger partial charge in [0, 0.05) is 19.1 Å². The quantitative estimate of drug-likeness (QED) is 0.652. The van der Waals surface area contributed by atoms with Crippen LogP contribution in [0, 0.1) is 0 Å². The van der Waals surface area contributed by atoms with Gasteiger partial charge in [-0.1, -0.05) is 6.07 Å². The Morgan fingerprint density at radius 3 is 3.00 bits per heavy atom. The van der Waals surface area contributed by atoms with Gasteiger partial charge >= 0.3 is 13.1 Å². The number of ether oxygens (including phenoxy) is 1. The molecule has 1 aromatic rings. The summed E-state index contributed by atoms with van der Waals surface area (Å²) in [7, 11) is -0.959. The number of nitrogens with one attached hydrogen (secondary N) is 1. The third kappa shape index (κ3) is 3.67. The van der Waals surface area contributed by atoms with Crippen molar-refractivity contribution in [2.75, 3.05) is 26.2 Å². The van der Waals surface area contributed by atoms with Gasteiger partial charge in [0.2, 0.25) is 0 Å². The average Bonchev–Trinajstić information content (AvgIpc) is 3.09. The lowest BCUT2D eigenvalue weighted by Gasteiger charge is -2.39. The predicted molar refractivity (Wildman–Crippen MR) is 97.0 cm³/mol. The number of carboxylic acid groups (broad SMARTS) is 1. The molecule has 0 aromatic heterocycles. The summed E-state index contributed by atoms with van der Waals surface area (Å²) in [6.45, 7) is 3.80. The molecule has 3 aliphatic heterocycles. The number of fused-ring (bicyclic) bond motifs is 1. The number of rotatable bonds is 6. The molecular weight excluding hydrogens is 335 g/mol. The number of aryl methyl sites for hydroxylation is 1. The summed E-state index contributed by atoms with van der Waals surface area (Å²) in [5.41, 5.74) is 0.828. The first-order chi connectivity index (χ1) is 12.6. The van der Waals surface area contributed by atoms with Gasteiger partial charge < -0.3 is 24.8 Å². The fraction of sp³-hybridized carbons (Fsp3) is 0.611. The van der Waals surface area contributed by atoms with Crippen molar-refractivity contribution in [3.63, 3.8) is 0 Å². The Bertz CT molecular complexity index is 674. The number of likely N-dealkylation sites (tertiary alicyclic amines) is 1. The van der Waals surface area contributed by atoms with Crippen LogP contribution >= 0.6 is 0 Å². The first-order valence-corrected chi connectivity index (χ1v) is 9.46. The molecule has 2 saturated heterocycles. The minimum atomic E-state index is -1.09. The molecule has 7 nitrogen and oxygen atoms in total. The van der Waals surface area contributed by atoms with Crippen LogP contribution in [0.25, 0.3) is 0 Å². The summed E-state index contributed by atoms with van der Waals surface area (Å²) >= 11 is 0. The monoisotopic (exact) mass is 360 g/mol. The summed E-state index contributed by atoms with van der Waals surface area (Å²) < 4.78 is 11.3. The molecule has 0 spiro atoms. The highest BCUT2D eigenvalue weighted by atomic mass is 16.5. The van der Waals surface area contributed by atoms with Crippen LogP contribution in [0.4, 0.5) is 0 Å². The molecule has 140 valence electrons. The number of nitrogens with zero attached hydrogens (tertiary/aromatic N) is 1. The molecule has 3 aliphatic rings. The molecule has 26 heavy (non-hydrogen) atoms. The zero-order chi connectivity index (χ0) is 18.1. The first kappa shape index (κ1) is 17.6. The van der Waals surface area contributed by atoms with Gasteiger partial charge in [0.1, 0.15) is 23.2 Å². The predicted octanol–water partition coefficient (Wildman–Crippen LogP) is 1.01. The number of hydrogen-bond acceptors (Lipinski definition) is 6. The zero-order valence-corrected chi connectivity index (χ0v) is 14.8. The Hall–Kier alpha value is -1.77. The van der Waals surface area contributed by atoms with E-state index in [1.807, 2.05) is 6.07 Å². The van der Waals surface area contributed by atoms with E-state index in [4.69, 9.17) is 9.39 Å². The third-order valence-electron chi connectivity index (χ3n) is 5.50. The molecule has 0 bridgehead atoms. The van der Waals surface area contributed by atoms with Crippen molar-refractivity contribution >= 4 is 13.1 Å². The highest BCUT2D eigenvalue weighted by molar-refractivity contribution is 6.44. The number of aromatic carboxylic acids is 1. The van der Waals surface area contributed by atoms with Gasteiger partial charge in [-0.3, -0.25) is 4.90 Å². The second-order valence-electron chi connectivity index (χ2n) is 7.42. The maximum Gasteiger partial charge on any atom is 0.522 e. The summed E-state index contributed by atoms with van der Waals surface area (Å²) in [5, 5.41) is 22.8. The van der Waals surface area contributed by atoms with Gasteiger partial charge in [-0.25, -0.2) is 4.79 Å². The van der Waals surface area contributed by atoms with Gasteiger partial charge in [-0.2, -0.15) is 0 Å². The Labute approximate surface area is 153 Å². The van der Waals surface area contributed by atoms with E-state index >= 15 is 0 Å². The molecular formula is C18H25BN2O5. The van der Waals surface area contributed by atoms with Crippen LogP contribution in [0.3, 0.4) is 0 Å². The molecule has 0 radical (unpaired) electrons. The normalized spacial score (nSPS) is 23.3. The minimum Gasteiger partial charge on any atom is -0.535 e. The molecule has 1 atom stereocenters. The Morgan fingerprint density at radius 2 is 2.27 bits per heavy atom. The summed E-state index contributed by atoms with van der Waals surface area (Å²) in [5.74, 6) is -0.515. The van der Waals surface area contributed by atoms with E-state index in [9.17, 15) is 14.9 Å². The van der Waals surface area contributed by atoms with Crippen molar-refractivity contribution in [1.82, 2.24) is 10.2 Å². The SMILES string of the molecule is O=C(O)c1c(OC2CN(CCC3CCCN3)C2)ccc2c1OB(O)CC2. The molecule has 3 heterocycles. The molecule has 2 fully saturated rings. The first-order valence-electron chi connectivity index (χ1n) is 9.46. The summed E-state index contributed by atoms with van der Waals surface area (Å²) in [6, 6.07) is 4.19. The van der Waals surface area contributed by atoms with Gasteiger partial charge in [0.05, 0.1) is 0 Å². The number of carbonyl (C=O) groups is 1. The van der Waals surface area contributed by atoms with Crippen molar-refractivity contribution in [1.29, 1.82) is 0 Å². The number of carboxylic acids is 1. The van der Waals surface area contributed by atoms with Crippen LogP contribution in [-0.2, 0) is 6.42 Å². The second-order valence-corrected chi connectivity index (χ2v) is 7.42.